The number of hydrogen-bond acceptors (Lipinski definition) is 3. The average molecular weight is 336 g/mol. The van der Waals surface area contributed by atoms with E-state index in [9.17, 15) is 9.59 Å². The molecular formula is C19H20N4O2. The number of imidazole rings is 1. The number of amides is 1. The number of aromatic nitrogens is 3. The summed E-state index contributed by atoms with van der Waals surface area (Å²) in [5.74, 6) is 0.769. The van der Waals surface area contributed by atoms with Crippen LogP contribution in [0, 0.1) is 6.92 Å². The number of carbonyl (C=O) groups excluding carboxylic acids is 1. The normalized spacial score (nSPS) is 17.4. The molecular weight excluding hydrogens is 316 g/mol. The molecule has 1 N–H and O–H groups in total. The van der Waals surface area contributed by atoms with Crippen LogP contribution in [-0.2, 0) is 7.05 Å². The van der Waals surface area contributed by atoms with Gasteiger partial charge in [0.15, 0.2) is 0 Å². The van der Waals surface area contributed by atoms with Gasteiger partial charge < -0.3 is 14.5 Å². The monoisotopic (exact) mass is 336 g/mol. The smallest absolute Gasteiger partial charge is 0.255 e. The summed E-state index contributed by atoms with van der Waals surface area (Å²) in [7, 11) is 1.65. The number of benzene rings is 1. The summed E-state index contributed by atoms with van der Waals surface area (Å²) < 4.78 is 1.43. The van der Waals surface area contributed by atoms with Gasteiger partial charge in [-0.1, -0.05) is 6.07 Å². The van der Waals surface area contributed by atoms with Crippen LogP contribution in [0.3, 0.4) is 0 Å². The third-order valence-corrected chi connectivity index (χ3v) is 4.82. The molecule has 0 spiro atoms. The largest absolute Gasteiger partial charge is 0.340 e. The Morgan fingerprint density at radius 3 is 2.92 bits per heavy atom. The van der Waals surface area contributed by atoms with Gasteiger partial charge in [0, 0.05) is 25.9 Å². The third kappa shape index (κ3) is 2.73. The molecule has 0 aliphatic carbocycles. The van der Waals surface area contributed by atoms with Crippen molar-refractivity contribution in [3.8, 4) is 0 Å². The maximum atomic E-state index is 12.9. The van der Waals surface area contributed by atoms with Gasteiger partial charge in [-0.25, -0.2) is 4.98 Å². The second-order valence-electron chi connectivity index (χ2n) is 6.67. The summed E-state index contributed by atoms with van der Waals surface area (Å²) >= 11 is 0. The van der Waals surface area contributed by atoms with Crippen LogP contribution in [0.1, 0.15) is 40.6 Å². The van der Waals surface area contributed by atoms with Gasteiger partial charge in [0.2, 0.25) is 5.56 Å². The molecule has 1 aliphatic heterocycles. The van der Waals surface area contributed by atoms with Crippen molar-refractivity contribution in [3.63, 3.8) is 0 Å². The Morgan fingerprint density at radius 1 is 1.28 bits per heavy atom. The summed E-state index contributed by atoms with van der Waals surface area (Å²) in [6.07, 6.45) is 3.43. The third-order valence-electron chi connectivity index (χ3n) is 4.82. The van der Waals surface area contributed by atoms with Gasteiger partial charge in [-0.05, 0) is 43.5 Å². The van der Waals surface area contributed by atoms with Crippen LogP contribution in [0.25, 0.3) is 11.0 Å². The second-order valence-corrected chi connectivity index (χ2v) is 6.67. The maximum absolute atomic E-state index is 12.9. The number of fused-ring (bicyclic) bond motifs is 1. The number of carbonyl (C=O) groups is 1. The van der Waals surface area contributed by atoms with Crippen LogP contribution >= 0.6 is 0 Å². The first-order valence-electron chi connectivity index (χ1n) is 8.47. The van der Waals surface area contributed by atoms with Crippen LogP contribution in [0.2, 0.25) is 0 Å². The Balaban J connectivity index is 1.68. The van der Waals surface area contributed by atoms with E-state index in [-0.39, 0.29) is 17.5 Å². The van der Waals surface area contributed by atoms with Crippen molar-refractivity contribution in [3.05, 3.63) is 63.8 Å². The first-order valence-corrected chi connectivity index (χ1v) is 8.47. The number of likely N-dealkylation sites (tertiary alicyclic amines) is 1. The summed E-state index contributed by atoms with van der Waals surface area (Å²) in [6.45, 7) is 2.74. The highest BCUT2D eigenvalue weighted by molar-refractivity contribution is 5.94. The number of nitrogens with one attached hydrogen (secondary N) is 1. The number of pyridine rings is 1. The Bertz CT molecular complexity index is 1020. The molecule has 3 aromatic rings. The minimum atomic E-state index is -0.123. The number of aromatic amines is 1. The van der Waals surface area contributed by atoms with E-state index in [0.29, 0.717) is 12.1 Å². The molecule has 128 valence electrons. The zero-order valence-corrected chi connectivity index (χ0v) is 14.3. The van der Waals surface area contributed by atoms with Gasteiger partial charge in [-0.3, -0.25) is 9.59 Å². The Kier molecular flexibility index (Phi) is 3.67. The van der Waals surface area contributed by atoms with E-state index < -0.39 is 0 Å². The number of H-pyrrole nitrogens is 1. The fraction of sp³-hybridized carbons (Fsp3) is 0.316. The van der Waals surface area contributed by atoms with Gasteiger partial charge in [0.05, 0.1) is 22.6 Å². The van der Waals surface area contributed by atoms with Crippen molar-refractivity contribution in [1.29, 1.82) is 0 Å². The molecule has 1 aromatic carbocycles. The number of nitrogens with zero attached hydrogens (tertiary/aromatic N) is 3. The topological polar surface area (TPSA) is 71.0 Å². The molecule has 6 nitrogen and oxygen atoms in total. The van der Waals surface area contributed by atoms with E-state index in [4.69, 9.17) is 0 Å². The van der Waals surface area contributed by atoms with Crippen molar-refractivity contribution < 1.29 is 4.79 Å². The van der Waals surface area contributed by atoms with E-state index in [2.05, 4.69) is 16.0 Å². The van der Waals surface area contributed by atoms with Crippen LogP contribution in [0.4, 0.5) is 0 Å². The first kappa shape index (κ1) is 15.6. The Labute approximate surface area is 145 Å². The second kappa shape index (κ2) is 5.88. The number of aryl methyl sites for hydroxylation is 2. The summed E-state index contributed by atoms with van der Waals surface area (Å²) in [5, 5.41) is 0. The van der Waals surface area contributed by atoms with Crippen molar-refractivity contribution >= 4 is 16.9 Å². The molecule has 1 atom stereocenters. The molecule has 3 heterocycles. The van der Waals surface area contributed by atoms with Crippen molar-refractivity contribution in [2.75, 3.05) is 6.54 Å². The number of rotatable bonds is 2. The zero-order valence-electron chi connectivity index (χ0n) is 14.3. The van der Waals surface area contributed by atoms with Crippen LogP contribution in [0.5, 0.6) is 0 Å². The molecule has 0 radical (unpaired) electrons. The molecule has 1 amide bonds. The summed E-state index contributed by atoms with van der Waals surface area (Å²) in [6, 6.07) is 9.08. The predicted molar refractivity (Wildman–Crippen MR) is 95.5 cm³/mol. The lowest BCUT2D eigenvalue weighted by molar-refractivity contribution is 0.0729. The summed E-state index contributed by atoms with van der Waals surface area (Å²) in [5.41, 5.74) is 3.49. The Hall–Kier alpha value is -2.89. The molecule has 1 saturated heterocycles. The van der Waals surface area contributed by atoms with Gasteiger partial charge in [-0.2, -0.15) is 0 Å². The Morgan fingerprint density at radius 2 is 2.12 bits per heavy atom. The minimum Gasteiger partial charge on any atom is -0.340 e. The molecule has 0 bridgehead atoms. The predicted octanol–water partition coefficient (Wildman–Crippen LogP) is 2.55. The standard InChI is InChI=1S/C19H20N4O2/c1-12-5-7-14-15(10-12)21-18(20-14)16-4-3-9-23(16)19(25)13-6-8-17(24)22(2)11-13/h5-8,10-11,16H,3-4,9H2,1-2H3,(H,20,21)/t16-/m0/s1. The highest BCUT2D eigenvalue weighted by Crippen LogP contribution is 2.32. The van der Waals surface area contributed by atoms with Crippen molar-refractivity contribution in [2.45, 2.75) is 25.8 Å². The van der Waals surface area contributed by atoms with E-state index in [0.717, 1.165) is 29.7 Å². The van der Waals surface area contributed by atoms with Gasteiger partial charge in [0.25, 0.3) is 5.91 Å². The van der Waals surface area contributed by atoms with Crippen molar-refractivity contribution in [2.24, 2.45) is 7.05 Å². The van der Waals surface area contributed by atoms with E-state index in [1.807, 2.05) is 24.0 Å². The molecule has 2 aromatic heterocycles. The van der Waals surface area contributed by atoms with Gasteiger partial charge >= 0.3 is 0 Å². The number of hydrogen-bond donors (Lipinski definition) is 1. The minimum absolute atomic E-state index is 0.0579. The fourth-order valence-corrected chi connectivity index (χ4v) is 3.48. The van der Waals surface area contributed by atoms with Crippen LogP contribution in [-0.4, -0.2) is 31.9 Å². The van der Waals surface area contributed by atoms with E-state index in [1.165, 1.54) is 16.2 Å². The SMILES string of the molecule is Cc1ccc2nc([C@@H]3CCCN3C(=O)c3ccc(=O)n(C)c3)[nH]c2c1. The molecule has 0 saturated carbocycles. The van der Waals surface area contributed by atoms with Crippen LogP contribution in [0.15, 0.2) is 41.3 Å². The van der Waals surface area contributed by atoms with E-state index >= 15 is 0 Å². The molecule has 1 fully saturated rings. The quantitative estimate of drug-likeness (QED) is 0.782. The maximum Gasteiger partial charge on any atom is 0.255 e. The first-order chi connectivity index (χ1) is 12.0. The lowest BCUT2D eigenvalue weighted by atomic mass is 10.2. The summed E-state index contributed by atoms with van der Waals surface area (Å²) in [4.78, 5) is 34.4. The van der Waals surface area contributed by atoms with Gasteiger partial charge in [0.1, 0.15) is 5.82 Å². The lowest BCUT2D eigenvalue weighted by Crippen LogP contribution is -2.32. The molecule has 6 heteroatoms. The molecule has 0 unspecified atom stereocenters. The molecule has 25 heavy (non-hydrogen) atoms. The van der Waals surface area contributed by atoms with Crippen LogP contribution < -0.4 is 5.56 Å². The lowest BCUT2D eigenvalue weighted by Gasteiger charge is -2.23. The highest BCUT2D eigenvalue weighted by Gasteiger charge is 2.32. The molecule has 1 aliphatic rings. The molecule has 4 rings (SSSR count). The zero-order chi connectivity index (χ0) is 17.6. The fourth-order valence-electron chi connectivity index (χ4n) is 3.48. The van der Waals surface area contributed by atoms with Crippen molar-refractivity contribution in [1.82, 2.24) is 19.4 Å². The van der Waals surface area contributed by atoms with E-state index in [1.54, 1.807) is 19.3 Å². The van der Waals surface area contributed by atoms with Gasteiger partial charge in [-0.15, -0.1) is 0 Å². The average Bonchev–Trinajstić information content (AvgIpc) is 3.22. The highest BCUT2D eigenvalue weighted by atomic mass is 16.2.